The molecule has 2 aliphatic rings. The Morgan fingerprint density at radius 3 is 2.35 bits per heavy atom. The molecule has 6 heteroatoms. The van der Waals surface area contributed by atoms with Crippen molar-refractivity contribution >= 4 is 22.6 Å². The average Bonchev–Trinajstić information content (AvgIpc) is 2.88. The van der Waals surface area contributed by atoms with E-state index in [0.717, 1.165) is 70.6 Å². The van der Waals surface area contributed by atoms with Gasteiger partial charge in [0.1, 0.15) is 24.4 Å². The van der Waals surface area contributed by atoms with Crippen LogP contribution in [-0.2, 0) is 0 Å². The molecule has 2 aromatic carbocycles. The van der Waals surface area contributed by atoms with Crippen LogP contribution in [0.15, 0.2) is 65.1 Å². The lowest BCUT2D eigenvalue weighted by molar-refractivity contribution is 0.0954. The zero-order chi connectivity index (χ0) is 24.2. The predicted molar refractivity (Wildman–Crippen MR) is 140 cm³/mol. The molecule has 1 aliphatic carbocycles. The van der Waals surface area contributed by atoms with Gasteiger partial charge in [0.05, 0.1) is 6.07 Å². The number of carbonyl (C=O) groups is 1. The van der Waals surface area contributed by atoms with Gasteiger partial charge in [0, 0.05) is 53.0 Å². The van der Waals surface area contributed by atoms with Crippen LogP contribution in [-0.4, -0.2) is 32.1 Å². The maximum atomic E-state index is 12.6. The molecular weight excluding hydrogens is 424 g/mol. The number of nitrogens with two attached hydrogens (primary N) is 1. The number of carbonyl (C=O) groups excluding carboxylic acids is 1. The van der Waals surface area contributed by atoms with Gasteiger partial charge in [0.25, 0.3) is 5.91 Å². The molecule has 0 bridgehead atoms. The second-order valence-corrected chi connectivity index (χ2v) is 8.20. The van der Waals surface area contributed by atoms with Crippen LogP contribution in [0.5, 0.6) is 0 Å². The quantitative estimate of drug-likeness (QED) is 0.141. The molecule has 176 valence electrons. The van der Waals surface area contributed by atoms with Crippen molar-refractivity contribution in [1.29, 1.82) is 0 Å². The van der Waals surface area contributed by atoms with Crippen molar-refractivity contribution in [3.8, 4) is 22.5 Å². The summed E-state index contributed by atoms with van der Waals surface area (Å²) in [5.74, 6) is 5.98. The highest BCUT2D eigenvalue weighted by atomic mass is 16.3. The molecule has 3 N–H and O–H groups in total. The van der Waals surface area contributed by atoms with Crippen molar-refractivity contribution in [3.05, 3.63) is 71.6 Å². The molecule has 0 fully saturated rings. The second kappa shape index (κ2) is 10.1. The van der Waals surface area contributed by atoms with Crippen LogP contribution in [0, 0.1) is 0 Å². The fourth-order valence-corrected chi connectivity index (χ4v) is 4.71. The van der Waals surface area contributed by atoms with Gasteiger partial charge >= 0.3 is 0 Å². The molecule has 0 saturated heterocycles. The Morgan fingerprint density at radius 2 is 1.68 bits per heavy atom. The van der Waals surface area contributed by atoms with Crippen LogP contribution in [0.4, 0.5) is 5.69 Å². The van der Waals surface area contributed by atoms with Crippen LogP contribution < -0.4 is 26.1 Å². The number of fused-ring (bicyclic) bond motifs is 2. The molecule has 4 rings (SSSR count). The van der Waals surface area contributed by atoms with Gasteiger partial charge in [-0.05, 0) is 57.5 Å². The van der Waals surface area contributed by atoms with E-state index in [2.05, 4.69) is 79.0 Å². The zero-order valence-electron chi connectivity index (χ0n) is 20.4. The molecule has 0 saturated carbocycles. The molecule has 0 radical (unpaired) electrons. The lowest BCUT2D eigenvalue weighted by Crippen LogP contribution is -2.30. The van der Waals surface area contributed by atoms with Gasteiger partial charge in [-0.3, -0.25) is 10.2 Å². The van der Waals surface area contributed by atoms with E-state index >= 15 is 0 Å². The van der Waals surface area contributed by atoms with E-state index < -0.39 is 0 Å². The Balaban J connectivity index is 2.13. The number of nitrogens with one attached hydrogen (secondary N) is 1. The molecule has 0 atom stereocenters. The Morgan fingerprint density at radius 1 is 0.941 bits per heavy atom. The highest BCUT2D eigenvalue weighted by Gasteiger charge is 2.22. The van der Waals surface area contributed by atoms with Crippen LogP contribution in [0.2, 0.25) is 0 Å². The summed E-state index contributed by atoms with van der Waals surface area (Å²) in [5.41, 5.74) is 7.45. The van der Waals surface area contributed by atoms with Crippen LogP contribution in [0.3, 0.4) is 0 Å². The molecule has 0 aromatic heterocycles. The maximum Gasteiger partial charge on any atom is 0.265 e. The summed E-state index contributed by atoms with van der Waals surface area (Å²) in [7, 11) is 0. The number of benzene rings is 3. The molecule has 0 unspecified atom stereocenters. The van der Waals surface area contributed by atoms with Gasteiger partial charge in [-0.2, -0.15) is 0 Å². The van der Waals surface area contributed by atoms with Crippen molar-refractivity contribution in [2.45, 2.75) is 27.7 Å². The first-order valence-corrected chi connectivity index (χ1v) is 12.0. The SMILES string of the molecule is CCN(CC)c1ccc2c(-c3ccccc3C(=O)NN)c3ccc(=[N+](CC)CC)cc-3oc2c1. The van der Waals surface area contributed by atoms with E-state index in [4.69, 9.17) is 10.3 Å². The van der Waals surface area contributed by atoms with Crippen LogP contribution >= 0.6 is 0 Å². The number of hydrazine groups is 1. The monoisotopic (exact) mass is 457 g/mol. The normalized spacial score (nSPS) is 11.1. The number of rotatable bonds is 7. The molecule has 34 heavy (non-hydrogen) atoms. The minimum Gasteiger partial charge on any atom is -0.456 e. The summed E-state index contributed by atoms with van der Waals surface area (Å²) >= 11 is 0. The lowest BCUT2D eigenvalue weighted by atomic mass is 9.90. The van der Waals surface area contributed by atoms with E-state index in [1.165, 1.54) is 0 Å². The molecule has 1 aliphatic heterocycles. The molecule has 2 aromatic rings. The van der Waals surface area contributed by atoms with Gasteiger partial charge in [-0.1, -0.05) is 18.2 Å². The van der Waals surface area contributed by atoms with Gasteiger partial charge in [-0.15, -0.1) is 0 Å². The minimum atomic E-state index is -0.322. The van der Waals surface area contributed by atoms with Gasteiger partial charge in [0.2, 0.25) is 5.36 Å². The minimum absolute atomic E-state index is 0.322. The van der Waals surface area contributed by atoms with Crippen molar-refractivity contribution in [1.82, 2.24) is 10.0 Å². The predicted octanol–water partition coefficient (Wildman–Crippen LogP) is 4.47. The summed E-state index contributed by atoms with van der Waals surface area (Å²) in [5, 5.41) is 2.07. The van der Waals surface area contributed by atoms with E-state index in [0.29, 0.717) is 5.56 Å². The third-order valence-electron chi connectivity index (χ3n) is 6.52. The third kappa shape index (κ3) is 4.17. The Kier molecular flexibility index (Phi) is 6.98. The first-order valence-electron chi connectivity index (χ1n) is 12.0. The highest BCUT2D eigenvalue weighted by Crippen LogP contribution is 2.41. The van der Waals surface area contributed by atoms with Crippen LogP contribution in [0.1, 0.15) is 38.1 Å². The van der Waals surface area contributed by atoms with E-state index in [1.54, 1.807) is 6.07 Å². The maximum absolute atomic E-state index is 12.6. The Hall–Kier alpha value is -3.64. The van der Waals surface area contributed by atoms with Crippen molar-refractivity contribution in [2.75, 3.05) is 31.1 Å². The lowest BCUT2D eigenvalue weighted by Gasteiger charge is -2.22. The van der Waals surface area contributed by atoms with Crippen molar-refractivity contribution in [2.24, 2.45) is 5.84 Å². The number of hydrogen-bond donors (Lipinski definition) is 2. The summed E-state index contributed by atoms with van der Waals surface area (Å²) in [6, 6.07) is 20.2. The highest BCUT2D eigenvalue weighted by molar-refractivity contribution is 6.09. The summed E-state index contributed by atoms with van der Waals surface area (Å²) in [4.78, 5) is 14.9. The number of anilines is 1. The van der Waals surface area contributed by atoms with E-state index in [1.807, 2.05) is 18.2 Å². The van der Waals surface area contributed by atoms with Gasteiger partial charge in [-0.25, -0.2) is 10.4 Å². The first kappa shape index (κ1) is 23.5. The topological polar surface area (TPSA) is 74.5 Å². The summed E-state index contributed by atoms with van der Waals surface area (Å²) in [6.45, 7) is 12.2. The fourth-order valence-electron chi connectivity index (χ4n) is 4.71. The van der Waals surface area contributed by atoms with E-state index in [-0.39, 0.29) is 5.91 Å². The summed E-state index contributed by atoms with van der Waals surface area (Å²) in [6.07, 6.45) is 0. The van der Waals surface area contributed by atoms with E-state index in [9.17, 15) is 4.79 Å². The largest absolute Gasteiger partial charge is 0.456 e. The molecule has 1 amide bonds. The number of nitrogen functional groups attached to an aromatic ring is 1. The Bertz CT molecular complexity index is 1360. The molecular formula is C28H33N4O2+. The number of amides is 1. The number of hydrogen-bond acceptors (Lipinski definition) is 4. The van der Waals surface area contributed by atoms with Gasteiger partial charge < -0.3 is 9.32 Å². The molecule has 1 heterocycles. The smallest absolute Gasteiger partial charge is 0.265 e. The summed E-state index contributed by atoms with van der Waals surface area (Å²) < 4.78 is 8.81. The first-order chi connectivity index (χ1) is 16.6. The third-order valence-corrected chi connectivity index (χ3v) is 6.52. The average molecular weight is 458 g/mol. The number of nitrogens with zero attached hydrogens (tertiary/aromatic N) is 2. The Labute approximate surface area is 200 Å². The van der Waals surface area contributed by atoms with Crippen LogP contribution in [0.25, 0.3) is 33.4 Å². The fraction of sp³-hybridized carbons (Fsp3) is 0.286. The van der Waals surface area contributed by atoms with Crippen molar-refractivity contribution in [3.63, 3.8) is 0 Å². The molecule has 0 spiro atoms. The van der Waals surface area contributed by atoms with Gasteiger partial charge in [0.15, 0.2) is 0 Å². The second-order valence-electron chi connectivity index (χ2n) is 8.20. The standard InChI is InChI=1S/C28H32N4O2/c1-5-31(6-2)19-13-15-23-25(17-19)34-26-18-20(32(7-3)8-4)14-16-24(26)27(23)21-11-9-10-12-22(21)28(33)30-29/h9-18,29,33H,5-8H2,1-4H3/p+1. The molecule has 6 nitrogen and oxygen atoms in total. The zero-order valence-corrected chi connectivity index (χ0v) is 20.4. The van der Waals surface area contributed by atoms with Crippen molar-refractivity contribution < 1.29 is 9.21 Å².